The molecule has 9 heteroatoms. The zero-order chi connectivity index (χ0) is 17.7. The molecule has 1 fully saturated rings. The lowest BCUT2D eigenvalue weighted by Gasteiger charge is -2.26. The number of nitrogens with zero attached hydrogens (tertiary/aromatic N) is 1. The first kappa shape index (κ1) is 19.8. The molecule has 1 atom stereocenters. The summed E-state index contributed by atoms with van der Waals surface area (Å²) in [5.74, 6) is -3.66. The van der Waals surface area contributed by atoms with E-state index in [-0.39, 0.29) is 5.70 Å². The Morgan fingerprint density at radius 3 is 2.17 bits per heavy atom. The van der Waals surface area contributed by atoms with E-state index in [9.17, 15) is 26.3 Å². The fraction of sp³-hybridized carbons (Fsp3) is 0.786. The summed E-state index contributed by atoms with van der Waals surface area (Å²) in [5.41, 5.74) is -0.0697. The van der Waals surface area contributed by atoms with Gasteiger partial charge in [0.05, 0.1) is 6.42 Å². The molecular weight excluding hydrogens is 326 g/mol. The van der Waals surface area contributed by atoms with Gasteiger partial charge in [-0.3, -0.25) is 5.43 Å². The maximum atomic E-state index is 13.1. The van der Waals surface area contributed by atoms with Crippen LogP contribution in [0, 0.1) is 0 Å². The topological polar surface area (TPSA) is 44.6 Å². The normalized spacial score (nSPS) is 28.4. The van der Waals surface area contributed by atoms with E-state index in [2.05, 4.69) is 11.7 Å². The fourth-order valence-electron chi connectivity index (χ4n) is 2.20. The molecule has 1 heterocycles. The van der Waals surface area contributed by atoms with Crippen molar-refractivity contribution < 1.29 is 31.4 Å². The number of hydrogen-bond donors (Lipinski definition) is 2. The lowest BCUT2D eigenvalue weighted by Crippen LogP contribution is -2.42. The van der Waals surface area contributed by atoms with E-state index in [0.717, 1.165) is 25.7 Å². The van der Waals surface area contributed by atoms with Gasteiger partial charge in [-0.1, -0.05) is 25.8 Å². The van der Waals surface area contributed by atoms with Gasteiger partial charge in [0.1, 0.15) is 18.0 Å². The molecule has 23 heavy (non-hydrogen) atoms. The number of alkyl halides is 6. The predicted molar refractivity (Wildman–Crippen MR) is 73.9 cm³/mol. The highest BCUT2D eigenvalue weighted by Gasteiger charge is 2.46. The third-order valence-corrected chi connectivity index (χ3v) is 3.53. The molecule has 1 saturated carbocycles. The molecule has 2 N–H and O–H groups in total. The van der Waals surface area contributed by atoms with Crippen molar-refractivity contribution in [3.63, 3.8) is 0 Å². The third-order valence-electron chi connectivity index (χ3n) is 3.53. The molecule has 3 nitrogen and oxygen atoms in total. The van der Waals surface area contributed by atoms with Crippen LogP contribution in [0.1, 0.15) is 44.9 Å². The van der Waals surface area contributed by atoms with Gasteiger partial charge in [-0.15, -0.1) is 0 Å². The molecule has 134 valence electrons. The summed E-state index contributed by atoms with van der Waals surface area (Å²) < 4.78 is 75.1. The Hall–Kier alpha value is -1.25. The van der Waals surface area contributed by atoms with Crippen LogP contribution in [-0.2, 0) is 0 Å². The molecule has 2 aliphatic rings. The summed E-state index contributed by atoms with van der Waals surface area (Å²) >= 11 is 0. The summed E-state index contributed by atoms with van der Waals surface area (Å²) in [4.78, 5) is 0. The monoisotopic (exact) mass is 346 g/mol. The lowest BCUT2D eigenvalue weighted by molar-refractivity contribution is -0.111. The number of hydrogen-bond acceptors (Lipinski definition) is 3. The molecule has 2 rings (SSSR count). The molecule has 0 aromatic carbocycles. The highest BCUT2D eigenvalue weighted by Crippen LogP contribution is 2.32. The third kappa shape index (κ3) is 6.80. The molecule has 1 unspecified atom stereocenters. The van der Waals surface area contributed by atoms with Crippen LogP contribution in [0.15, 0.2) is 17.4 Å². The standard InChI is InChI=1S/C8H9F5N2O.C6H11F/c1-4-3-7(9,10)6(16)2-5(15-14-4)8(11,12)13;7-6-4-2-1-3-5-6/h6,14,16H,1-3H2;6H,1-5H2/b15-5+;. The molecule has 1 aliphatic heterocycles. The van der Waals surface area contributed by atoms with Crippen LogP contribution in [0.2, 0.25) is 0 Å². The van der Waals surface area contributed by atoms with E-state index >= 15 is 0 Å². The minimum atomic E-state index is -4.86. The van der Waals surface area contributed by atoms with Gasteiger partial charge in [-0.2, -0.15) is 18.3 Å². The number of aliphatic hydroxyl groups excluding tert-OH is 1. The first-order valence-electron chi connectivity index (χ1n) is 7.30. The summed E-state index contributed by atoms with van der Waals surface area (Å²) in [5, 5.41) is 11.9. The molecule has 0 aromatic rings. The Bertz CT molecular complexity index is 429. The Labute approximate surface area is 130 Å². The van der Waals surface area contributed by atoms with Crippen molar-refractivity contribution in [1.29, 1.82) is 0 Å². The van der Waals surface area contributed by atoms with Gasteiger partial charge < -0.3 is 5.11 Å². The van der Waals surface area contributed by atoms with Crippen LogP contribution in [0.4, 0.5) is 26.3 Å². The average molecular weight is 346 g/mol. The van der Waals surface area contributed by atoms with Gasteiger partial charge in [0.2, 0.25) is 0 Å². The molecule has 0 radical (unpaired) electrons. The highest BCUT2D eigenvalue weighted by molar-refractivity contribution is 5.90. The minimum Gasteiger partial charge on any atom is -0.386 e. The molecule has 0 amide bonds. The Kier molecular flexibility index (Phi) is 6.91. The minimum absolute atomic E-state index is 0.384. The fourth-order valence-corrected chi connectivity index (χ4v) is 2.20. The molecule has 0 aromatic heterocycles. The largest absolute Gasteiger partial charge is 0.431 e. The number of aliphatic hydroxyl groups is 1. The highest BCUT2D eigenvalue weighted by atomic mass is 19.4. The smallest absolute Gasteiger partial charge is 0.386 e. The van der Waals surface area contributed by atoms with Crippen molar-refractivity contribution >= 4 is 5.71 Å². The Morgan fingerprint density at radius 2 is 1.74 bits per heavy atom. The van der Waals surface area contributed by atoms with Crippen LogP contribution >= 0.6 is 0 Å². The predicted octanol–water partition coefficient (Wildman–Crippen LogP) is 4.09. The second-order valence-corrected chi connectivity index (χ2v) is 5.66. The van der Waals surface area contributed by atoms with Gasteiger partial charge in [0.15, 0.2) is 0 Å². The summed E-state index contributed by atoms with van der Waals surface area (Å²) in [6, 6.07) is 0. The summed E-state index contributed by atoms with van der Waals surface area (Å²) in [6.07, 6.45) is -4.84. The molecular formula is C14H20F6N2O. The van der Waals surface area contributed by atoms with Crippen molar-refractivity contribution in [3.8, 4) is 0 Å². The van der Waals surface area contributed by atoms with Crippen LogP contribution in [0.25, 0.3) is 0 Å². The van der Waals surface area contributed by atoms with Gasteiger partial charge in [-0.05, 0) is 12.8 Å². The van der Waals surface area contributed by atoms with Gasteiger partial charge in [-0.25, -0.2) is 13.2 Å². The van der Waals surface area contributed by atoms with E-state index in [1.165, 1.54) is 6.42 Å². The SMILES string of the molecule is C=C1CC(F)(F)C(O)C/C(C(F)(F)F)=N\N1.FC1CCCCC1. The molecule has 1 aliphatic carbocycles. The summed E-state index contributed by atoms with van der Waals surface area (Å²) in [6.45, 7) is 3.09. The van der Waals surface area contributed by atoms with E-state index in [1.807, 2.05) is 0 Å². The molecule has 0 bridgehead atoms. The van der Waals surface area contributed by atoms with Gasteiger partial charge >= 0.3 is 6.18 Å². The first-order chi connectivity index (χ1) is 10.5. The number of nitrogens with one attached hydrogen (secondary N) is 1. The van der Waals surface area contributed by atoms with E-state index in [0.29, 0.717) is 0 Å². The average Bonchev–Trinajstić information content (AvgIpc) is 2.41. The van der Waals surface area contributed by atoms with Crippen molar-refractivity contribution in [2.24, 2.45) is 5.10 Å². The van der Waals surface area contributed by atoms with Crippen molar-refractivity contribution in [3.05, 3.63) is 12.3 Å². The van der Waals surface area contributed by atoms with Crippen LogP contribution in [-0.4, -0.2) is 35.2 Å². The number of rotatable bonds is 0. The van der Waals surface area contributed by atoms with Crippen LogP contribution in [0.5, 0.6) is 0 Å². The second kappa shape index (κ2) is 8.03. The van der Waals surface area contributed by atoms with Crippen molar-refractivity contribution in [1.82, 2.24) is 5.43 Å². The van der Waals surface area contributed by atoms with E-state index in [1.54, 1.807) is 5.43 Å². The van der Waals surface area contributed by atoms with Gasteiger partial charge in [0, 0.05) is 12.1 Å². The van der Waals surface area contributed by atoms with Crippen LogP contribution < -0.4 is 5.43 Å². The molecule has 0 saturated heterocycles. The van der Waals surface area contributed by atoms with E-state index < -0.39 is 42.9 Å². The maximum absolute atomic E-state index is 13.1. The molecule has 0 spiro atoms. The van der Waals surface area contributed by atoms with E-state index in [4.69, 9.17) is 5.11 Å². The first-order valence-corrected chi connectivity index (χ1v) is 7.30. The Morgan fingerprint density at radius 1 is 1.17 bits per heavy atom. The van der Waals surface area contributed by atoms with Crippen molar-refractivity contribution in [2.45, 2.75) is 69.3 Å². The zero-order valence-corrected chi connectivity index (χ0v) is 12.5. The second-order valence-electron chi connectivity index (χ2n) is 5.66. The number of halogens is 6. The van der Waals surface area contributed by atoms with Crippen molar-refractivity contribution in [2.75, 3.05) is 0 Å². The Balaban J connectivity index is 0.000000313. The lowest BCUT2D eigenvalue weighted by atomic mass is 9.99. The number of allylic oxidation sites excluding steroid dienone is 1. The summed E-state index contributed by atoms with van der Waals surface area (Å²) in [7, 11) is 0. The van der Waals surface area contributed by atoms with Crippen LogP contribution in [0.3, 0.4) is 0 Å². The zero-order valence-electron chi connectivity index (χ0n) is 12.5. The quantitative estimate of drug-likeness (QED) is 0.649. The maximum Gasteiger partial charge on any atom is 0.431 e. The number of hydrazone groups is 1. The van der Waals surface area contributed by atoms with Gasteiger partial charge in [0.25, 0.3) is 5.92 Å².